The summed E-state index contributed by atoms with van der Waals surface area (Å²) in [5.74, 6) is 1.59. The molecule has 0 N–H and O–H groups in total. The molecule has 0 aliphatic carbocycles. The van der Waals surface area contributed by atoms with Crippen LogP contribution in [-0.2, 0) is 0 Å². The average molecular weight is 286 g/mol. The minimum atomic E-state index is -0.476. The lowest BCUT2D eigenvalue weighted by atomic mass is 10.2. The van der Waals surface area contributed by atoms with Gasteiger partial charge in [-0.25, -0.2) is 4.79 Å². The first kappa shape index (κ1) is 13.3. The Balaban J connectivity index is 1.83. The van der Waals surface area contributed by atoms with Gasteiger partial charge < -0.3 is 18.9 Å². The molecule has 0 unspecified atom stereocenters. The van der Waals surface area contributed by atoms with Crippen LogP contribution in [0.2, 0.25) is 0 Å². The van der Waals surface area contributed by atoms with E-state index in [1.807, 2.05) is 19.1 Å². The third-order valence-corrected chi connectivity index (χ3v) is 3.13. The summed E-state index contributed by atoms with van der Waals surface area (Å²) in [6.45, 7) is 2.10. The Morgan fingerprint density at radius 1 is 1.05 bits per heavy atom. The van der Waals surface area contributed by atoms with Crippen LogP contribution in [0.5, 0.6) is 23.0 Å². The summed E-state index contributed by atoms with van der Waals surface area (Å²) in [6.07, 6.45) is 0. The summed E-state index contributed by atoms with van der Waals surface area (Å²) >= 11 is 0. The second-order valence-corrected chi connectivity index (χ2v) is 4.61. The number of aryl methyl sites for hydroxylation is 1. The number of carbonyl (C=O) groups is 1. The summed E-state index contributed by atoms with van der Waals surface area (Å²) in [5, 5.41) is 0. The molecular weight excluding hydrogens is 272 g/mol. The number of fused-ring (bicyclic) bond motifs is 1. The molecule has 1 aliphatic heterocycles. The van der Waals surface area contributed by atoms with Gasteiger partial charge in [0.15, 0.2) is 23.0 Å². The highest BCUT2D eigenvalue weighted by molar-refractivity contribution is 5.92. The number of carbonyl (C=O) groups excluding carboxylic acids is 1. The van der Waals surface area contributed by atoms with E-state index in [1.165, 1.54) is 7.11 Å². The second-order valence-electron chi connectivity index (χ2n) is 4.61. The maximum atomic E-state index is 12.2. The standard InChI is InChI=1S/C16H14O5/c1-10-3-5-13(14(7-10)18-2)21-16(17)11-4-6-12-15(8-11)20-9-19-12/h3-8H,9H2,1-2H3. The molecule has 1 aliphatic rings. The van der Waals surface area contributed by atoms with Gasteiger partial charge in [-0.1, -0.05) is 6.07 Å². The van der Waals surface area contributed by atoms with Crippen LogP contribution in [0.3, 0.4) is 0 Å². The fourth-order valence-electron chi connectivity index (χ4n) is 2.04. The zero-order chi connectivity index (χ0) is 14.8. The highest BCUT2D eigenvalue weighted by Gasteiger charge is 2.18. The van der Waals surface area contributed by atoms with Crippen molar-refractivity contribution in [3.05, 3.63) is 47.5 Å². The quantitative estimate of drug-likeness (QED) is 0.641. The van der Waals surface area contributed by atoms with Gasteiger partial charge in [-0.05, 0) is 42.8 Å². The summed E-state index contributed by atoms with van der Waals surface area (Å²) < 4.78 is 21.0. The normalized spacial score (nSPS) is 12.1. The van der Waals surface area contributed by atoms with Crippen LogP contribution in [-0.4, -0.2) is 19.9 Å². The molecule has 5 heteroatoms. The van der Waals surface area contributed by atoms with Gasteiger partial charge in [0.1, 0.15) is 0 Å². The first-order valence-corrected chi connectivity index (χ1v) is 6.44. The van der Waals surface area contributed by atoms with Gasteiger partial charge in [-0.3, -0.25) is 0 Å². The molecule has 21 heavy (non-hydrogen) atoms. The number of methoxy groups -OCH3 is 1. The minimum Gasteiger partial charge on any atom is -0.493 e. The maximum Gasteiger partial charge on any atom is 0.343 e. The van der Waals surface area contributed by atoms with Crippen LogP contribution in [0.1, 0.15) is 15.9 Å². The summed E-state index contributed by atoms with van der Waals surface area (Å²) in [7, 11) is 1.53. The molecule has 0 amide bonds. The van der Waals surface area contributed by atoms with Crippen molar-refractivity contribution in [1.82, 2.24) is 0 Å². The summed E-state index contributed by atoms with van der Waals surface area (Å²) in [4.78, 5) is 12.2. The lowest BCUT2D eigenvalue weighted by molar-refractivity contribution is 0.0729. The lowest BCUT2D eigenvalue weighted by Gasteiger charge is -2.10. The molecule has 1 heterocycles. The van der Waals surface area contributed by atoms with Crippen molar-refractivity contribution in [3.63, 3.8) is 0 Å². The van der Waals surface area contributed by atoms with Crippen molar-refractivity contribution in [2.75, 3.05) is 13.9 Å². The van der Waals surface area contributed by atoms with E-state index < -0.39 is 5.97 Å². The monoisotopic (exact) mass is 286 g/mol. The number of esters is 1. The van der Waals surface area contributed by atoms with E-state index in [0.29, 0.717) is 28.6 Å². The van der Waals surface area contributed by atoms with Crippen molar-refractivity contribution in [1.29, 1.82) is 0 Å². The van der Waals surface area contributed by atoms with Crippen LogP contribution >= 0.6 is 0 Å². The van der Waals surface area contributed by atoms with Crippen molar-refractivity contribution in [2.24, 2.45) is 0 Å². The van der Waals surface area contributed by atoms with Gasteiger partial charge in [-0.15, -0.1) is 0 Å². The van der Waals surface area contributed by atoms with Gasteiger partial charge in [0.05, 0.1) is 12.7 Å². The SMILES string of the molecule is COc1cc(C)ccc1OC(=O)c1ccc2c(c1)OCO2. The molecule has 0 spiro atoms. The summed E-state index contributed by atoms with van der Waals surface area (Å²) in [5.41, 5.74) is 1.41. The molecule has 0 fully saturated rings. The van der Waals surface area contributed by atoms with Crippen molar-refractivity contribution >= 4 is 5.97 Å². The third-order valence-electron chi connectivity index (χ3n) is 3.13. The maximum absolute atomic E-state index is 12.2. The topological polar surface area (TPSA) is 54.0 Å². The first-order chi connectivity index (χ1) is 10.2. The Morgan fingerprint density at radius 3 is 2.67 bits per heavy atom. The smallest absolute Gasteiger partial charge is 0.343 e. The number of hydrogen-bond donors (Lipinski definition) is 0. The largest absolute Gasteiger partial charge is 0.493 e. The Bertz CT molecular complexity index is 693. The van der Waals surface area contributed by atoms with E-state index in [2.05, 4.69) is 0 Å². The predicted octanol–water partition coefficient (Wildman–Crippen LogP) is 2.95. The van der Waals surface area contributed by atoms with Gasteiger partial charge >= 0.3 is 5.97 Å². The fraction of sp³-hybridized carbons (Fsp3) is 0.188. The molecular formula is C16H14O5. The van der Waals surface area contributed by atoms with Gasteiger partial charge in [0, 0.05) is 0 Å². The van der Waals surface area contributed by atoms with Crippen LogP contribution < -0.4 is 18.9 Å². The zero-order valence-corrected chi connectivity index (χ0v) is 11.7. The second kappa shape index (κ2) is 5.36. The molecule has 0 bridgehead atoms. The Hall–Kier alpha value is -2.69. The molecule has 5 nitrogen and oxygen atoms in total. The molecule has 2 aromatic carbocycles. The van der Waals surface area contributed by atoms with Crippen molar-refractivity contribution < 1.29 is 23.7 Å². The average Bonchev–Trinajstić information content (AvgIpc) is 2.96. The van der Waals surface area contributed by atoms with Crippen LogP contribution in [0.15, 0.2) is 36.4 Å². The highest BCUT2D eigenvalue weighted by Crippen LogP contribution is 2.33. The molecule has 0 saturated heterocycles. The van der Waals surface area contributed by atoms with E-state index in [9.17, 15) is 4.79 Å². The lowest BCUT2D eigenvalue weighted by Crippen LogP contribution is -2.09. The van der Waals surface area contributed by atoms with Gasteiger partial charge in [0.25, 0.3) is 0 Å². The van der Waals surface area contributed by atoms with Crippen LogP contribution in [0.4, 0.5) is 0 Å². The molecule has 0 aromatic heterocycles. The van der Waals surface area contributed by atoms with E-state index in [-0.39, 0.29) is 6.79 Å². The Morgan fingerprint density at radius 2 is 1.86 bits per heavy atom. The Kier molecular flexibility index (Phi) is 3.39. The minimum absolute atomic E-state index is 0.166. The number of rotatable bonds is 3. The highest BCUT2D eigenvalue weighted by atomic mass is 16.7. The van der Waals surface area contributed by atoms with Crippen molar-refractivity contribution in [3.8, 4) is 23.0 Å². The van der Waals surface area contributed by atoms with Crippen LogP contribution in [0.25, 0.3) is 0 Å². The van der Waals surface area contributed by atoms with Gasteiger partial charge in [-0.2, -0.15) is 0 Å². The van der Waals surface area contributed by atoms with E-state index in [1.54, 1.807) is 24.3 Å². The number of benzene rings is 2. The first-order valence-electron chi connectivity index (χ1n) is 6.44. The molecule has 2 aromatic rings. The third kappa shape index (κ3) is 2.63. The van der Waals surface area contributed by atoms with Crippen LogP contribution in [0, 0.1) is 6.92 Å². The molecule has 0 saturated carbocycles. The molecule has 0 atom stereocenters. The van der Waals surface area contributed by atoms with E-state index in [4.69, 9.17) is 18.9 Å². The molecule has 3 rings (SSSR count). The zero-order valence-electron chi connectivity index (χ0n) is 11.7. The number of ether oxygens (including phenoxy) is 4. The van der Waals surface area contributed by atoms with Crippen molar-refractivity contribution in [2.45, 2.75) is 6.92 Å². The molecule has 108 valence electrons. The number of hydrogen-bond acceptors (Lipinski definition) is 5. The van der Waals surface area contributed by atoms with E-state index >= 15 is 0 Å². The van der Waals surface area contributed by atoms with E-state index in [0.717, 1.165) is 5.56 Å². The summed E-state index contributed by atoms with van der Waals surface area (Å²) in [6, 6.07) is 10.3. The predicted molar refractivity (Wildman–Crippen MR) is 75.3 cm³/mol. The fourth-order valence-corrected chi connectivity index (χ4v) is 2.04. The van der Waals surface area contributed by atoms with Gasteiger partial charge in [0.2, 0.25) is 6.79 Å². The molecule has 0 radical (unpaired) electrons. The Labute approximate surface area is 122 Å².